The summed E-state index contributed by atoms with van der Waals surface area (Å²) in [5.41, 5.74) is 3.45. The molecule has 1 saturated heterocycles. The number of hydrazine groups is 1. The number of aryl methyl sites for hydroxylation is 1. The first-order chi connectivity index (χ1) is 9.91. The Morgan fingerprint density at radius 1 is 1.38 bits per heavy atom. The van der Waals surface area contributed by atoms with Gasteiger partial charge in [-0.1, -0.05) is 6.07 Å². The van der Waals surface area contributed by atoms with Gasteiger partial charge in [-0.25, -0.2) is 0 Å². The van der Waals surface area contributed by atoms with Gasteiger partial charge in [-0.3, -0.25) is 11.3 Å². The fourth-order valence-electron chi connectivity index (χ4n) is 2.78. The van der Waals surface area contributed by atoms with E-state index in [0.717, 1.165) is 37.5 Å². The van der Waals surface area contributed by atoms with Crippen LogP contribution in [0, 0.1) is 6.92 Å². The second-order valence-electron chi connectivity index (χ2n) is 5.51. The van der Waals surface area contributed by atoms with E-state index in [9.17, 15) is 13.2 Å². The third kappa shape index (κ3) is 4.18. The summed E-state index contributed by atoms with van der Waals surface area (Å²) < 4.78 is 43.8. The molecule has 118 valence electrons. The first-order valence-corrected chi connectivity index (χ1v) is 7.17. The molecular weight excluding hydrogens is 281 g/mol. The van der Waals surface area contributed by atoms with Crippen molar-refractivity contribution in [2.75, 3.05) is 6.61 Å². The molecule has 0 radical (unpaired) electrons. The van der Waals surface area contributed by atoms with Crippen LogP contribution in [-0.4, -0.2) is 12.7 Å². The van der Waals surface area contributed by atoms with Crippen LogP contribution in [0.2, 0.25) is 0 Å². The predicted octanol–water partition coefficient (Wildman–Crippen LogP) is 3.48. The van der Waals surface area contributed by atoms with E-state index in [4.69, 9.17) is 10.6 Å². The van der Waals surface area contributed by atoms with Crippen molar-refractivity contribution in [1.29, 1.82) is 0 Å². The van der Waals surface area contributed by atoms with Crippen LogP contribution in [-0.2, 0) is 10.9 Å². The van der Waals surface area contributed by atoms with Gasteiger partial charge in [0.15, 0.2) is 0 Å². The first-order valence-electron chi connectivity index (χ1n) is 7.17. The van der Waals surface area contributed by atoms with E-state index in [-0.39, 0.29) is 12.1 Å². The Hall–Kier alpha value is -1.11. The minimum Gasteiger partial charge on any atom is -0.378 e. The quantitative estimate of drug-likeness (QED) is 0.661. The van der Waals surface area contributed by atoms with Gasteiger partial charge in [0, 0.05) is 12.6 Å². The summed E-state index contributed by atoms with van der Waals surface area (Å²) in [5.74, 6) is 5.59. The lowest BCUT2D eigenvalue weighted by Gasteiger charge is -2.27. The van der Waals surface area contributed by atoms with Gasteiger partial charge in [-0.2, -0.15) is 13.2 Å². The van der Waals surface area contributed by atoms with Crippen molar-refractivity contribution in [3.63, 3.8) is 0 Å². The van der Waals surface area contributed by atoms with Crippen molar-refractivity contribution in [2.24, 2.45) is 5.84 Å². The Kier molecular flexibility index (Phi) is 5.24. The molecule has 1 aromatic rings. The van der Waals surface area contributed by atoms with E-state index in [0.29, 0.717) is 12.0 Å². The average molecular weight is 302 g/mol. The zero-order valence-electron chi connectivity index (χ0n) is 12.0. The number of benzene rings is 1. The Morgan fingerprint density at radius 3 is 2.67 bits per heavy atom. The van der Waals surface area contributed by atoms with Crippen molar-refractivity contribution >= 4 is 0 Å². The largest absolute Gasteiger partial charge is 0.416 e. The predicted molar refractivity (Wildman–Crippen MR) is 74.5 cm³/mol. The smallest absolute Gasteiger partial charge is 0.378 e. The Bertz CT molecular complexity index is 470. The molecule has 0 saturated carbocycles. The molecular formula is C15H21F3N2O. The Morgan fingerprint density at radius 2 is 2.14 bits per heavy atom. The summed E-state index contributed by atoms with van der Waals surface area (Å²) in [6, 6.07) is 3.58. The lowest BCUT2D eigenvalue weighted by molar-refractivity contribution is -0.137. The third-order valence-electron chi connectivity index (χ3n) is 3.95. The summed E-state index contributed by atoms with van der Waals surface area (Å²) in [6.45, 7) is 2.42. The maximum absolute atomic E-state index is 12.7. The van der Waals surface area contributed by atoms with Crippen molar-refractivity contribution in [3.05, 3.63) is 34.9 Å². The number of nitrogens with one attached hydrogen (secondary N) is 1. The zero-order chi connectivity index (χ0) is 15.5. The minimum absolute atomic E-state index is 0.112. The molecule has 6 heteroatoms. The van der Waals surface area contributed by atoms with Crippen molar-refractivity contribution in [2.45, 2.75) is 50.9 Å². The van der Waals surface area contributed by atoms with Crippen LogP contribution in [0.1, 0.15) is 48.4 Å². The second-order valence-corrected chi connectivity index (χ2v) is 5.51. The summed E-state index contributed by atoms with van der Waals surface area (Å²) in [7, 11) is 0. The van der Waals surface area contributed by atoms with E-state index in [2.05, 4.69) is 5.43 Å². The molecule has 0 aliphatic carbocycles. The highest BCUT2D eigenvalue weighted by Gasteiger charge is 2.31. The van der Waals surface area contributed by atoms with E-state index in [1.165, 1.54) is 12.1 Å². The normalized spacial score (nSPS) is 21.3. The molecule has 0 spiro atoms. The fraction of sp³-hybridized carbons (Fsp3) is 0.600. The topological polar surface area (TPSA) is 47.3 Å². The summed E-state index contributed by atoms with van der Waals surface area (Å²) in [4.78, 5) is 0. The summed E-state index contributed by atoms with van der Waals surface area (Å²) >= 11 is 0. The molecule has 0 bridgehead atoms. The van der Waals surface area contributed by atoms with E-state index in [1.807, 2.05) is 0 Å². The SMILES string of the molecule is Cc1cc(C(F)(F)F)ccc1C(CC1CCCCO1)NN. The molecule has 1 aliphatic heterocycles. The van der Waals surface area contributed by atoms with Gasteiger partial charge >= 0.3 is 6.18 Å². The van der Waals surface area contributed by atoms with Crippen LogP contribution in [0.5, 0.6) is 0 Å². The lowest BCUT2D eigenvalue weighted by atomic mass is 9.93. The van der Waals surface area contributed by atoms with E-state index in [1.54, 1.807) is 6.92 Å². The average Bonchev–Trinajstić information content (AvgIpc) is 2.45. The van der Waals surface area contributed by atoms with Gasteiger partial charge in [0.05, 0.1) is 11.7 Å². The molecule has 1 aliphatic rings. The first kappa shape index (κ1) is 16.3. The minimum atomic E-state index is -4.32. The monoisotopic (exact) mass is 302 g/mol. The number of halogens is 3. The highest BCUT2D eigenvalue weighted by molar-refractivity contribution is 5.34. The van der Waals surface area contributed by atoms with E-state index >= 15 is 0 Å². The van der Waals surface area contributed by atoms with Gasteiger partial charge in [-0.15, -0.1) is 0 Å². The molecule has 2 atom stereocenters. The van der Waals surface area contributed by atoms with E-state index < -0.39 is 11.7 Å². The van der Waals surface area contributed by atoms with Gasteiger partial charge < -0.3 is 4.74 Å². The third-order valence-corrected chi connectivity index (χ3v) is 3.95. The van der Waals surface area contributed by atoms with Gasteiger partial charge in [-0.05, 0) is 55.9 Å². The number of hydrogen-bond donors (Lipinski definition) is 2. The Balaban J connectivity index is 2.14. The van der Waals surface area contributed by atoms with Crippen molar-refractivity contribution < 1.29 is 17.9 Å². The van der Waals surface area contributed by atoms with Crippen LogP contribution in [0.15, 0.2) is 18.2 Å². The lowest BCUT2D eigenvalue weighted by Crippen LogP contribution is -2.33. The highest BCUT2D eigenvalue weighted by atomic mass is 19.4. The Labute approximate surface area is 122 Å². The van der Waals surface area contributed by atoms with Crippen molar-refractivity contribution in [1.82, 2.24) is 5.43 Å². The van der Waals surface area contributed by atoms with Gasteiger partial charge in [0.2, 0.25) is 0 Å². The maximum Gasteiger partial charge on any atom is 0.416 e. The van der Waals surface area contributed by atoms with Crippen LogP contribution < -0.4 is 11.3 Å². The summed E-state index contributed by atoms with van der Waals surface area (Å²) in [6.07, 6.45) is -0.381. The number of hydrogen-bond acceptors (Lipinski definition) is 3. The summed E-state index contributed by atoms with van der Waals surface area (Å²) in [5, 5.41) is 0. The molecule has 2 rings (SSSR count). The van der Waals surface area contributed by atoms with Crippen LogP contribution >= 0.6 is 0 Å². The number of alkyl halides is 3. The molecule has 1 fully saturated rings. The molecule has 1 heterocycles. The molecule has 2 unspecified atom stereocenters. The van der Waals surface area contributed by atoms with Crippen LogP contribution in [0.3, 0.4) is 0 Å². The molecule has 3 N–H and O–H groups in total. The van der Waals surface area contributed by atoms with Crippen molar-refractivity contribution in [3.8, 4) is 0 Å². The molecule has 3 nitrogen and oxygen atoms in total. The van der Waals surface area contributed by atoms with Crippen LogP contribution in [0.25, 0.3) is 0 Å². The molecule has 0 aromatic heterocycles. The zero-order valence-corrected chi connectivity index (χ0v) is 12.0. The molecule has 0 amide bonds. The molecule has 1 aromatic carbocycles. The second kappa shape index (κ2) is 6.77. The number of rotatable bonds is 4. The molecule has 21 heavy (non-hydrogen) atoms. The van der Waals surface area contributed by atoms with Gasteiger partial charge in [0.25, 0.3) is 0 Å². The maximum atomic E-state index is 12.7. The standard InChI is InChI=1S/C15H21F3N2O/c1-10-8-11(15(16,17)18)5-6-13(10)14(20-19)9-12-4-2-3-7-21-12/h5-6,8,12,14,20H,2-4,7,9,19H2,1H3. The van der Waals surface area contributed by atoms with Gasteiger partial charge in [0.1, 0.15) is 0 Å². The number of ether oxygens (including phenoxy) is 1. The van der Waals surface area contributed by atoms with Crippen LogP contribution in [0.4, 0.5) is 13.2 Å². The fourth-order valence-corrected chi connectivity index (χ4v) is 2.78. The number of nitrogens with two attached hydrogens (primary N) is 1. The highest BCUT2D eigenvalue weighted by Crippen LogP contribution is 2.33.